The maximum absolute atomic E-state index is 11.2. The summed E-state index contributed by atoms with van der Waals surface area (Å²) < 4.78 is 0. The molecule has 2 aliphatic rings. The van der Waals surface area contributed by atoms with Crippen LogP contribution >= 0.6 is 0 Å². The number of fused-ring (bicyclic) bond motifs is 1. The molecule has 0 aromatic heterocycles. The number of hydrogen-bond acceptors (Lipinski definition) is 2. The van der Waals surface area contributed by atoms with Gasteiger partial charge in [-0.05, 0) is 6.08 Å². The van der Waals surface area contributed by atoms with Crippen LogP contribution in [0.4, 0.5) is 0 Å². The van der Waals surface area contributed by atoms with Crippen LogP contribution in [0.2, 0.25) is 0 Å². The number of hydrogen-bond donors (Lipinski definition) is 0. The van der Waals surface area contributed by atoms with E-state index in [4.69, 9.17) is 0 Å². The first-order valence-corrected chi connectivity index (χ1v) is 3.50. The molecule has 1 aliphatic heterocycles. The number of nitrogens with zero attached hydrogens (tertiary/aromatic N) is 1. The Morgan fingerprint density at radius 2 is 2.08 bits per heavy atom. The summed E-state index contributed by atoms with van der Waals surface area (Å²) in [7, 11) is 0. The van der Waals surface area contributed by atoms with Gasteiger partial charge in [0.15, 0.2) is 5.78 Å². The average molecular weight is 159 g/mol. The van der Waals surface area contributed by atoms with E-state index in [1.165, 1.54) is 18.4 Å². The number of carbonyl (C=O) groups excluding carboxylic acids is 2. The summed E-state index contributed by atoms with van der Waals surface area (Å²) in [5.74, 6) is -0.502. The highest BCUT2D eigenvalue weighted by molar-refractivity contribution is 6.20. The Bertz CT molecular complexity index is 383. The third-order valence-corrected chi connectivity index (χ3v) is 1.70. The molecule has 0 aromatic rings. The number of allylic oxidation sites excluding steroid dienone is 5. The first-order valence-electron chi connectivity index (χ1n) is 3.50. The van der Waals surface area contributed by atoms with Crippen molar-refractivity contribution in [3.8, 4) is 0 Å². The number of rotatable bonds is 0. The van der Waals surface area contributed by atoms with E-state index in [0.717, 1.165) is 0 Å². The fourth-order valence-electron chi connectivity index (χ4n) is 1.12. The van der Waals surface area contributed by atoms with Gasteiger partial charge in [-0.2, -0.15) is 0 Å². The van der Waals surface area contributed by atoms with Crippen LogP contribution < -0.4 is 0 Å². The van der Waals surface area contributed by atoms with Crippen LogP contribution in [0.15, 0.2) is 40.4 Å². The van der Waals surface area contributed by atoms with E-state index < -0.39 is 0 Å². The highest BCUT2D eigenvalue weighted by Gasteiger charge is 2.17. The molecular formula is C9H5NO2. The van der Waals surface area contributed by atoms with E-state index in [1.807, 2.05) is 0 Å². The molecule has 0 unspecified atom stereocenters. The van der Waals surface area contributed by atoms with Gasteiger partial charge in [0, 0.05) is 23.4 Å². The van der Waals surface area contributed by atoms with Gasteiger partial charge in [-0.3, -0.25) is 9.59 Å². The second kappa shape index (κ2) is 2.37. The van der Waals surface area contributed by atoms with Crippen molar-refractivity contribution >= 4 is 17.9 Å². The van der Waals surface area contributed by atoms with Crippen molar-refractivity contribution < 1.29 is 9.59 Å². The summed E-state index contributed by atoms with van der Waals surface area (Å²) in [5.41, 5.74) is 1.15. The maximum atomic E-state index is 11.2. The van der Waals surface area contributed by atoms with E-state index in [9.17, 15) is 9.59 Å². The molecule has 0 N–H and O–H groups in total. The van der Waals surface area contributed by atoms with Crippen molar-refractivity contribution in [3.05, 3.63) is 35.5 Å². The molecule has 0 aromatic carbocycles. The molecule has 3 heteroatoms. The number of dihydropyridines is 1. The minimum absolute atomic E-state index is 0.132. The van der Waals surface area contributed by atoms with Crippen molar-refractivity contribution in [3.63, 3.8) is 0 Å². The Kier molecular flexibility index (Phi) is 1.37. The quantitative estimate of drug-likeness (QED) is 0.519. The Morgan fingerprint density at radius 3 is 2.92 bits per heavy atom. The molecule has 58 valence electrons. The zero-order chi connectivity index (χ0) is 8.55. The number of ketones is 1. The summed E-state index contributed by atoms with van der Waals surface area (Å²) in [6, 6.07) is 0. The Labute approximate surface area is 68.8 Å². The highest BCUT2D eigenvalue weighted by atomic mass is 16.1. The molecule has 1 aliphatic carbocycles. The molecule has 0 fully saturated rings. The van der Waals surface area contributed by atoms with E-state index in [1.54, 1.807) is 12.2 Å². The first kappa shape index (κ1) is 6.91. The Balaban J connectivity index is 2.53. The van der Waals surface area contributed by atoms with Crippen molar-refractivity contribution in [1.29, 1.82) is 0 Å². The monoisotopic (exact) mass is 159 g/mol. The minimum Gasteiger partial charge on any atom is -0.289 e. The molecule has 12 heavy (non-hydrogen) atoms. The fourth-order valence-corrected chi connectivity index (χ4v) is 1.12. The third kappa shape index (κ3) is 0.955. The van der Waals surface area contributed by atoms with Crippen LogP contribution in [-0.2, 0) is 9.59 Å². The van der Waals surface area contributed by atoms with Crippen LogP contribution in [0.3, 0.4) is 0 Å². The topological polar surface area (TPSA) is 46.5 Å². The molecule has 0 saturated carbocycles. The summed E-state index contributed by atoms with van der Waals surface area (Å²) >= 11 is 0. The Hall–Kier alpha value is -1.77. The van der Waals surface area contributed by atoms with Crippen molar-refractivity contribution in [1.82, 2.24) is 0 Å². The number of carbonyl (C=O) groups is 2. The van der Waals surface area contributed by atoms with Gasteiger partial charge in [0.25, 0.3) is 5.91 Å². The van der Waals surface area contributed by atoms with Gasteiger partial charge < -0.3 is 0 Å². The first-order chi connectivity index (χ1) is 5.77. The van der Waals surface area contributed by atoms with E-state index in [0.29, 0.717) is 11.1 Å². The van der Waals surface area contributed by atoms with E-state index in [-0.39, 0.29) is 11.7 Å². The molecule has 0 spiro atoms. The van der Waals surface area contributed by atoms with Gasteiger partial charge in [-0.15, -0.1) is 0 Å². The molecule has 0 saturated heterocycles. The van der Waals surface area contributed by atoms with Crippen molar-refractivity contribution in [2.45, 2.75) is 0 Å². The predicted molar refractivity (Wildman–Crippen MR) is 43.8 cm³/mol. The van der Waals surface area contributed by atoms with Gasteiger partial charge in [-0.25, -0.2) is 4.99 Å². The minimum atomic E-state index is -0.370. The SMILES string of the molecule is O=C1C=C2C(=O)C=CC=C2C=N1. The average Bonchev–Trinajstić information content (AvgIpc) is 2.07. The smallest absolute Gasteiger partial charge is 0.270 e. The summed E-state index contributed by atoms with van der Waals surface area (Å²) in [6.07, 6.45) is 7.51. The summed E-state index contributed by atoms with van der Waals surface area (Å²) in [4.78, 5) is 25.5. The standard InChI is InChI=1S/C9H5NO2/c11-8-3-1-2-6-5-10-9(12)4-7(6)8/h1-5H. The largest absolute Gasteiger partial charge is 0.289 e. The second-order valence-electron chi connectivity index (χ2n) is 2.50. The molecule has 1 amide bonds. The molecule has 1 heterocycles. The molecular weight excluding hydrogens is 154 g/mol. The van der Waals surface area contributed by atoms with Crippen LogP contribution in [0, 0.1) is 0 Å². The highest BCUT2D eigenvalue weighted by Crippen LogP contribution is 2.17. The number of aliphatic imine (C=N–C) groups is 1. The third-order valence-electron chi connectivity index (χ3n) is 1.70. The zero-order valence-corrected chi connectivity index (χ0v) is 6.15. The zero-order valence-electron chi connectivity index (χ0n) is 6.15. The van der Waals surface area contributed by atoms with Gasteiger partial charge >= 0.3 is 0 Å². The van der Waals surface area contributed by atoms with E-state index >= 15 is 0 Å². The molecule has 0 radical (unpaired) electrons. The number of amides is 1. The lowest BCUT2D eigenvalue weighted by Crippen LogP contribution is -2.12. The van der Waals surface area contributed by atoms with Crippen LogP contribution in [0.1, 0.15) is 0 Å². The van der Waals surface area contributed by atoms with Crippen molar-refractivity contribution in [2.75, 3.05) is 0 Å². The second-order valence-corrected chi connectivity index (χ2v) is 2.50. The van der Waals surface area contributed by atoms with Crippen LogP contribution in [-0.4, -0.2) is 17.9 Å². The van der Waals surface area contributed by atoms with Crippen LogP contribution in [0.5, 0.6) is 0 Å². The lowest BCUT2D eigenvalue weighted by Gasteiger charge is -2.09. The lowest BCUT2D eigenvalue weighted by molar-refractivity contribution is -0.115. The summed E-state index contributed by atoms with van der Waals surface area (Å²) in [6.45, 7) is 0. The Morgan fingerprint density at radius 1 is 1.25 bits per heavy atom. The van der Waals surface area contributed by atoms with Crippen molar-refractivity contribution in [2.24, 2.45) is 4.99 Å². The van der Waals surface area contributed by atoms with Gasteiger partial charge in [0.1, 0.15) is 0 Å². The molecule has 3 nitrogen and oxygen atoms in total. The summed E-state index contributed by atoms with van der Waals surface area (Å²) in [5, 5.41) is 0. The molecule has 0 atom stereocenters. The van der Waals surface area contributed by atoms with Gasteiger partial charge in [0.05, 0.1) is 0 Å². The fraction of sp³-hybridized carbons (Fsp3) is 0. The van der Waals surface area contributed by atoms with Gasteiger partial charge in [0.2, 0.25) is 0 Å². The molecule has 2 rings (SSSR count). The molecule has 0 bridgehead atoms. The lowest BCUT2D eigenvalue weighted by atomic mass is 9.96. The van der Waals surface area contributed by atoms with Gasteiger partial charge in [-0.1, -0.05) is 12.2 Å². The maximum Gasteiger partial charge on any atom is 0.270 e. The van der Waals surface area contributed by atoms with E-state index in [2.05, 4.69) is 4.99 Å². The predicted octanol–water partition coefficient (Wildman–Crippen LogP) is 0.589. The normalized spacial score (nSPS) is 20.3. The van der Waals surface area contributed by atoms with Crippen LogP contribution in [0.25, 0.3) is 0 Å².